The van der Waals surface area contributed by atoms with E-state index >= 15 is 0 Å². The summed E-state index contributed by atoms with van der Waals surface area (Å²) in [6, 6.07) is 1.84. The van der Waals surface area contributed by atoms with Gasteiger partial charge < -0.3 is 14.9 Å². The number of unbranched alkanes of at least 4 members (excludes halogenated alkanes) is 2. The number of ether oxygens (including phenoxy) is 1. The molecule has 0 fully saturated rings. The molecule has 1 aromatic heterocycles. The van der Waals surface area contributed by atoms with Crippen LogP contribution >= 0.6 is 0 Å². The maximum absolute atomic E-state index is 13.0. The molecule has 0 aliphatic rings. The Bertz CT molecular complexity index is 734. The highest BCUT2D eigenvalue weighted by Crippen LogP contribution is 2.29. The summed E-state index contributed by atoms with van der Waals surface area (Å²) in [5.74, 6) is -1.19. The number of carbonyl (C=O) groups excluding carboxylic acids is 2. The first-order chi connectivity index (χ1) is 14.1. The Morgan fingerprint density at radius 2 is 1.87 bits per heavy atom. The van der Waals surface area contributed by atoms with E-state index in [0.717, 1.165) is 31.4 Å². The molecule has 0 aliphatic heterocycles. The highest BCUT2D eigenvalue weighted by atomic mass is 19.4. The molecule has 0 unspecified atom stereocenters. The minimum atomic E-state index is -4.72. The van der Waals surface area contributed by atoms with Crippen LogP contribution in [0.4, 0.5) is 13.2 Å². The van der Waals surface area contributed by atoms with Crippen LogP contribution in [-0.4, -0.2) is 46.3 Å². The van der Waals surface area contributed by atoms with Crippen LogP contribution in [0.5, 0.6) is 0 Å². The van der Waals surface area contributed by atoms with E-state index in [1.807, 2.05) is 6.92 Å². The molecule has 0 spiro atoms. The predicted octanol–water partition coefficient (Wildman–Crippen LogP) is 3.94. The Labute approximate surface area is 173 Å². The third kappa shape index (κ3) is 8.62. The van der Waals surface area contributed by atoms with E-state index in [9.17, 15) is 33.0 Å². The van der Waals surface area contributed by atoms with Gasteiger partial charge in [0.05, 0.1) is 19.3 Å². The number of alkyl halides is 3. The van der Waals surface area contributed by atoms with Crippen molar-refractivity contribution in [3.05, 3.63) is 35.2 Å². The molecular weight excluding hydrogens is 403 g/mol. The molecular formula is C21H28F3NO5. The van der Waals surface area contributed by atoms with Gasteiger partial charge in [-0.25, -0.2) is 4.98 Å². The lowest BCUT2D eigenvalue weighted by atomic mass is 10.0. The van der Waals surface area contributed by atoms with Crippen molar-refractivity contribution in [3.63, 3.8) is 0 Å². The van der Waals surface area contributed by atoms with Gasteiger partial charge in [0.25, 0.3) is 0 Å². The fraction of sp³-hybridized carbons (Fsp3) is 0.571. The summed E-state index contributed by atoms with van der Waals surface area (Å²) in [6.45, 7) is 2.00. The van der Waals surface area contributed by atoms with Gasteiger partial charge in [-0.15, -0.1) is 0 Å². The Kier molecular flexibility index (Phi) is 10.7. The predicted molar refractivity (Wildman–Crippen MR) is 105 cm³/mol. The van der Waals surface area contributed by atoms with Crippen molar-refractivity contribution in [3.8, 4) is 0 Å². The average molecular weight is 431 g/mol. The molecule has 0 amide bonds. The minimum Gasteiger partial charge on any atom is -0.469 e. The minimum absolute atomic E-state index is 0.0466. The molecule has 2 N–H and O–H groups in total. The van der Waals surface area contributed by atoms with E-state index in [1.165, 1.54) is 19.3 Å². The van der Waals surface area contributed by atoms with Crippen molar-refractivity contribution in [2.45, 2.75) is 70.3 Å². The molecule has 2 atom stereocenters. The molecule has 0 radical (unpaired) electrons. The van der Waals surface area contributed by atoms with Gasteiger partial charge in [-0.1, -0.05) is 44.4 Å². The zero-order chi connectivity index (χ0) is 22.7. The van der Waals surface area contributed by atoms with Crippen molar-refractivity contribution in [1.82, 2.24) is 4.98 Å². The fourth-order valence-corrected chi connectivity index (χ4v) is 2.70. The van der Waals surface area contributed by atoms with Crippen molar-refractivity contribution in [2.24, 2.45) is 0 Å². The Morgan fingerprint density at radius 3 is 2.47 bits per heavy atom. The van der Waals surface area contributed by atoms with E-state index in [1.54, 1.807) is 0 Å². The number of methoxy groups -OCH3 is 1. The third-order valence-electron chi connectivity index (χ3n) is 4.46. The number of Topliss-reactive ketones (excluding diaryl/α,β-unsaturated/α-hetero) is 1. The van der Waals surface area contributed by atoms with E-state index in [2.05, 4.69) is 9.72 Å². The average Bonchev–Trinajstić information content (AvgIpc) is 2.70. The Balaban J connectivity index is 3.00. The largest absolute Gasteiger partial charge is 0.469 e. The zero-order valence-corrected chi connectivity index (χ0v) is 17.1. The second-order valence-electron chi connectivity index (χ2n) is 6.90. The summed E-state index contributed by atoms with van der Waals surface area (Å²) >= 11 is 0. The van der Waals surface area contributed by atoms with E-state index in [0.29, 0.717) is 6.42 Å². The second kappa shape index (κ2) is 12.4. The summed E-state index contributed by atoms with van der Waals surface area (Å²) in [4.78, 5) is 27.1. The number of hydrogen-bond donors (Lipinski definition) is 2. The standard InChI is InChI=1S/C21H28F3NO5/c1-3-4-5-7-15(26)16(27)12-10-14-11-13-18(21(22,23)24)25-20(14)17(28)8-6-9-19(29)30-2/h10-13,15-16,26-27H,3-9H2,1-2H3/b12-10+/t15-,16+/m0/s1. The third-order valence-corrected chi connectivity index (χ3v) is 4.46. The van der Waals surface area contributed by atoms with Crippen molar-refractivity contribution >= 4 is 17.8 Å². The summed E-state index contributed by atoms with van der Waals surface area (Å²) in [5.41, 5.74) is -1.53. The van der Waals surface area contributed by atoms with E-state index < -0.39 is 41.5 Å². The number of hydrogen-bond acceptors (Lipinski definition) is 6. The lowest BCUT2D eigenvalue weighted by Crippen LogP contribution is -2.23. The number of nitrogens with zero attached hydrogens (tertiary/aromatic N) is 1. The molecule has 9 heteroatoms. The summed E-state index contributed by atoms with van der Waals surface area (Å²) in [6.07, 6.45) is -1.64. The first-order valence-electron chi connectivity index (χ1n) is 9.82. The van der Waals surface area contributed by atoms with Crippen LogP contribution in [-0.2, 0) is 15.7 Å². The van der Waals surface area contributed by atoms with Crippen molar-refractivity contribution < 1.29 is 37.7 Å². The number of esters is 1. The smallest absolute Gasteiger partial charge is 0.433 e. The lowest BCUT2D eigenvalue weighted by Gasteiger charge is -2.14. The highest BCUT2D eigenvalue weighted by Gasteiger charge is 2.33. The molecule has 0 saturated heterocycles. The molecule has 0 aliphatic carbocycles. The Hall–Kier alpha value is -2.26. The van der Waals surface area contributed by atoms with Gasteiger partial charge in [-0.2, -0.15) is 13.2 Å². The molecule has 1 heterocycles. The first kappa shape index (κ1) is 25.8. The maximum atomic E-state index is 13.0. The van der Waals surface area contributed by atoms with Crippen molar-refractivity contribution in [2.75, 3.05) is 7.11 Å². The quantitative estimate of drug-likeness (QED) is 0.296. The fourth-order valence-electron chi connectivity index (χ4n) is 2.70. The second-order valence-corrected chi connectivity index (χ2v) is 6.90. The van der Waals surface area contributed by atoms with Crippen LogP contribution in [0.1, 0.15) is 73.6 Å². The molecule has 0 aromatic carbocycles. The molecule has 30 heavy (non-hydrogen) atoms. The molecule has 168 valence electrons. The molecule has 1 aromatic rings. The number of aromatic nitrogens is 1. The van der Waals surface area contributed by atoms with Crippen LogP contribution in [0, 0.1) is 0 Å². The number of carbonyl (C=O) groups is 2. The van der Waals surface area contributed by atoms with Crippen LogP contribution < -0.4 is 0 Å². The number of ketones is 1. The number of rotatable bonds is 12. The van der Waals surface area contributed by atoms with Gasteiger partial charge in [0, 0.05) is 18.4 Å². The number of aliphatic hydroxyl groups is 2. The molecule has 6 nitrogen and oxygen atoms in total. The van der Waals surface area contributed by atoms with Gasteiger partial charge in [0.1, 0.15) is 11.4 Å². The summed E-state index contributed by atoms with van der Waals surface area (Å²) in [5, 5.41) is 20.0. The van der Waals surface area contributed by atoms with Gasteiger partial charge in [-0.05, 0) is 18.9 Å². The van der Waals surface area contributed by atoms with Crippen LogP contribution in [0.3, 0.4) is 0 Å². The van der Waals surface area contributed by atoms with Gasteiger partial charge in [-0.3, -0.25) is 9.59 Å². The number of halogens is 3. The highest BCUT2D eigenvalue weighted by molar-refractivity contribution is 5.97. The molecule has 0 bridgehead atoms. The van der Waals surface area contributed by atoms with Crippen LogP contribution in [0.25, 0.3) is 6.08 Å². The first-order valence-corrected chi connectivity index (χ1v) is 9.82. The topological polar surface area (TPSA) is 96.7 Å². The maximum Gasteiger partial charge on any atom is 0.433 e. The van der Waals surface area contributed by atoms with E-state index in [-0.39, 0.29) is 24.8 Å². The van der Waals surface area contributed by atoms with Crippen LogP contribution in [0.2, 0.25) is 0 Å². The number of pyridine rings is 1. The van der Waals surface area contributed by atoms with Gasteiger partial charge >= 0.3 is 12.1 Å². The monoisotopic (exact) mass is 431 g/mol. The normalized spacial score (nSPS) is 14.0. The Morgan fingerprint density at radius 1 is 1.17 bits per heavy atom. The van der Waals surface area contributed by atoms with Crippen LogP contribution in [0.15, 0.2) is 18.2 Å². The molecule has 1 rings (SSSR count). The lowest BCUT2D eigenvalue weighted by molar-refractivity contribution is -0.141. The van der Waals surface area contributed by atoms with Crippen molar-refractivity contribution in [1.29, 1.82) is 0 Å². The zero-order valence-electron chi connectivity index (χ0n) is 17.1. The number of aliphatic hydroxyl groups excluding tert-OH is 2. The summed E-state index contributed by atoms with van der Waals surface area (Å²) in [7, 11) is 1.20. The SMILES string of the molecule is CCCCC[C@H](O)[C@H](O)/C=C/c1ccc(C(F)(F)F)nc1C(=O)CCCC(=O)OC. The van der Waals surface area contributed by atoms with Gasteiger partial charge in [0.2, 0.25) is 0 Å². The van der Waals surface area contributed by atoms with E-state index in [4.69, 9.17) is 0 Å². The summed E-state index contributed by atoms with van der Waals surface area (Å²) < 4.78 is 43.5. The van der Waals surface area contributed by atoms with Gasteiger partial charge in [0.15, 0.2) is 5.78 Å². The molecule has 0 saturated carbocycles.